The lowest BCUT2D eigenvalue weighted by Gasteiger charge is -1.94. The largest absolute Gasteiger partial charge is 0.411 e. The van der Waals surface area contributed by atoms with Crippen molar-refractivity contribution in [1.82, 2.24) is 4.98 Å². The van der Waals surface area contributed by atoms with Crippen LogP contribution in [0.2, 0.25) is 0 Å². The quantitative estimate of drug-likeness (QED) is 0.366. The van der Waals surface area contributed by atoms with E-state index >= 15 is 0 Å². The maximum atomic E-state index is 8.66. The average molecular weight is 152 g/mol. The number of oxime groups is 1. The lowest BCUT2D eigenvalue weighted by Crippen LogP contribution is -1.93. The molecule has 0 aliphatic heterocycles. The summed E-state index contributed by atoms with van der Waals surface area (Å²) in [5, 5.41) is 19.6. The first-order chi connectivity index (χ1) is 5.36. The minimum Gasteiger partial charge on any atom is -0.411 e. The van der Waals surface area contributed by atoms with Crippen LogP contribution in [-0.2, 0) is 6.61 Å². The van der Waals surface area contributed by atoms with E-state index in [9.17, 15) is 0 Å². The van der Waals surface area contributed by atoms with Crippen molar-refractivity contribution in [1.29, 1.82) is 0 Å². The summed E-state index contributed by atoms with van der Waals surface area (Å²) >= 11 is 0. The second-order valence-corrected chi connectivity index (χ2v) is 1.96. The minimum atomic E-state index is -0.104. The third-order valence-electron chi connectivity index (χ3n) is 1.18. The van der Waals surface area contributed by atoms with Crippen LogP contribution in [0.25, 0.3) is 0 Å². The number of aliphatic hydroxyl groups excluding tert-OH is 1. The van der Waals surface area contributed by atoms with Crippen molar-refractivity contribution in [2.45, 2.75) is 6.61 Å². The highest BCUT2D eigenvalue weighted by Gasteiger charge is 1.92. The Balaban J connectivity index is 2.91. The zero-order valence-corrected chi connectivity index (χ0v) is 5.81. The van der Waals surface area contributed by atoms with Crippen LogP contribution in [0.5, 0.6) is 0 Å². The molecule has 0 atom stereocenters. The van der Waals surface area contributed by atoms with E-state index in [4.69, 9.17) is 10.3 Å². The smallest absolute Gasteiger partial charge is 0.0918 e. The van der Waals surface area contributed by atoms with E-state index in [-0.39, 0.29) is 6.61 Å². The summed E-state index contributed by atoms with van der Waals surface area (Å²) in [7, 11) is 0. The molecule has 2 N–H and O–H groups in total. The normalized spacial score (nSPS) is 10.6. The summed E-state index contributed by atoms with van der Waals surface area (Å²) in [5.74, 6) is 0. The van der Waals surface area contributed by atoms with E-state index in [1.807, 2.05) is 0 Å². The van der Waals surface area contributed by atoms with Crippen molar-refractivity contribution < 1.29 is 10.3 Å². The van der Waals surface area contributed by atoms with Gasteiger partial charge in [0.2, 0.25) is 0 Å². The number of aromatic nitrogens is 1. The fourth-order valence-electron chi connectivity index (χ4n) is 0.717. The van der Waals surface area contributed by atoms with Gasteiger partial charge in [-0.05, 0) is 12.1 Å². The number of aliphatic hydroxyl groups is 1. The van der Waals surface area contributed by atoms with E-state index in [0.717, 1.165) is 0 Å². The fourth-order valence-corrected chi connectivity index (χ4v) is 0.717. The molecule has 0 aromatic carbocycles. The van der Waals surface area contributed by atoms with E-state index in [2.05, 4.69) is 10.1 Å². The molecular formula is C7H8N2O2. The van der Waals surface area contributed by atoms with E-state index in [1.165, 1.54) is 6.21 Å². The Morgan fingerprint density at radius 1 is 1.55 bits per heavy atom. The van der Waals surface area contributed by atoms with Crippen LogP contribution >= 0.6 is 0 Å². The van der Waals surface area contributed by atoms with Gasteiger partial charge in [-0.2, -0.15) is 0 Å². The number of hydrogen-bond donors (Lipinski definition) is 2. The molecule has 0 unspecified atom stereocenters. The van der Waals surface area contributed by atoms with E-state index < -0.39 is 0 Å². The van der Waals surface area contributed by atoms with Gasteiger partial charge >= 0.3 is 0 Å². The summed E-state index contributed by atoms with van der Waals surface area (Å²) in [5.41, 5.74) is 1.08. The number of pyridine rings is 1. The summed E-state index contributed by atoms with van der Waals surface area (Å²) in [6, 6.07) is 5.10. The number of rotatable bonds is 2. The Labute approximate surface area is 63.8 Å². The lowest BCUT2D eigenvalue weighted by molar-refractivity contribution is 0.276. The zero-order valence-electron chi connectivity index (χ0n) is 5.81. The second-order valence-electron chi connectivity index (χ2n) is 1.96. The molecule has 0 spiro atoms. The van der Waals surface area contributed by atoms with Crippen LogP contribution < -0.4 is 0 Å². The third-order valence-corrected chi connectivity index (χ3v) is 1.18. The molecule has 58 valence electrons. The Bertz CT molecular complexity index is 260. The first-order valence-corrected chi connectivity index (χ1v) is 3.11. The molecule has 0 radical (unpaired) electrons. The summed E-state index contributed by atoms with van der Waals surface area (Å²) in [4.78, 5) is 3.92. The predicted molar refractivity (Wildman–Crippen MR) is 39.5 cm³/mol. The summed E-state index contributed by atoms with van der Waals surface area (Å²) < 4.78 is 0. The monoisotopic (exact) mass is 152 g/mol. The van der Waals surface area contributed by atoms with Crippen LogP contribution in [0.15, 0.2) is 23.4 Å². The van der Waals surface area contributed by atoms with Gasteiger partial charge in [-0.1, -0.05) is 11.2 Å². The van der Waals surface area contributed by atoms with Gasteiger partial charge in [-0.15, -0.1) is 0 Å². The van der Waals surface area contributed by atoms with Crippen molar-refractivity contribution in [3.8, 4) is 0 Å². The molecule has 0 saturated heterocycles. The highest BCUT2D eigenvalue weighted by Crippen LogP contribution is 1.96. The van der Waals surface area contributed by atoms with Crippen molar-refractivity contribution in [2.75, 3.05) is 0 Å². The first kappa shape index (κ1) is 7.68. The molecule has 0 aliphatic carbocycles. The van der Waals surface area contributed by atoms with Gasteiger partial charge < -0.3 is 10.3 Å². The molecule has 1 aromatic rings. The van der Waals surface area contributed by atoms with Crippen molar-refractivity contribution >= 4 is 6.21 Å². The molecule has 0 fully saturated rings. The van der Waals surface area contributed by atoms with Crippen LogP contribution in [0.4, 0.5) is 0 Å². The standard InChI is InChI=1S/C7H8N2O2/c10-5-7-3-1-2-6(9-7)4-8-11/h1-4,10-11H,5H2/b8-4-. The molecule has 4 heteroatoms. The molecule has 1 rings (SSSR count). The predicted octanol–water partition coefficient (Wildman–Crippen LogP) is 0.382. The zero-order chi connectivity index (χ0) is 8.10. The van der Waals surface area contributed by atoms with Gasteiger partial charge in [0, 0.05) is 0 Å². The van der Waals surface area contributed by atoms with Crippen molar-refractivity contribution in [2.24, 2.45) is 5.16 Å². The topological polar surface area (TPSA) is 65.7 Å². The highest BCUT2D eigenvalue weighted by molar-refractivity contribution is 5.76. The fraction of sp³-hybridized carbons (Fsp3) is 0.143. The maximum absolute atomic E-state index is 8.66. The van der Waals surface area contributed by atoms with Gasteiger partial charge in [0.15, 0.2) is 0 Å². The van der Waals surface area contributed by atoms with E-state index in [0.29, 0.717) is 11.4 Å². The SMILES string of the molecule is OCc1cccc(/C=N\O)n1. The molecule has 0 aliphatic rings. The Kier molecular flexibility index (Phi) is 2.57. The number of hydrogen-bond acceptors (Lipinski definition) is 4. The maximum Gasteiger partial charge on any atom is 0.0918 e. The Hall–Kier alpha value is -1.42. The van der Waals surface area contributed by atoms with Crippen LogP contribution in [0, 0.1) is 0 Å². The van der Waals surface area contributed by atoms with Gasteiger partial charge in [-0.3, -0.25) is 0 Å². The summed E-state index contributed by atoms with van der Waals surface area (Å²) in [6.45, 7) is -0.104. The Morgan fingerprint density at radius 3 is 3.00 bits per heavy atom. The summed E-state index contributed by atoms with van der Waals surface area (Å²) in [6.07, 6.45) is 1.21. The molecule has 0 amide bonds. The minimum absolute atomic E-state index is 0.104. The molecule has 0 saturated carbocycles. The molecular weight excluding hydrogens is 144 g/mol. The first-order valence-electron chi connectivity index (χ1n) is 3.11. The van der Waals surface area contributed by atoms with Crippen molar-refractivity contribution in [3.05, 3.63) is 29.6 Å². The molecule has 4 nitrogen and oxygen atoms in total. The Morgan fingerprint density at radius 2 is 2.36 bits per heavy atom. The van der Waals surface area contributed by atoms with Gasteiger partial charge in [0.05, 0.1) is 24.2 Å². The number of nitrogens with zero attached hydrogens (tertiary/aromatic N) is 2. The molecule has 0 bridgehead atoms. The average Bonchev–Trinajstić information content (AvgIpc) is 2.06. The molecule has 11 heavy (non-hydrogen) atoms. The van der Waals surface area contributed by atoms with Crippen molar-refractivity contribution in [3.63, 3.8) is 0 Å². The van der Waals surface area contributed by atoms with Gasteiger partial charge in [-0.25, -0.2) is 4.98 Å². The molecule has 1 aromatic heterocycles. The molecule has 1 heterocycles. The van der Waals surface area contributed by atoms with Crippen LogP contribution in [0.3, 0.4) is 0 Å². The van der Waals surface area contributed by atoms with Gasteiger partial charge in [0.1, 0.15) is 0 Å². The highest BCUT2D eigenvalue weighted by atomic mass is 16.4. The van der Waals surface area contributed by atoms with E-state index in [1.54, 1.807) is 18.2 Å². The lowest BCUT2D eigenvalue weighted by atomic mass is 10.3. The van der Waals surface area contributed by atoms with Crippen LogP contribution in [-0.4, -0.2) is 21.5 Å². The third kappa shape index (κ3) is 2.01. The van der Waals surface area contributed by atoms with Crippen LogP contribution in [0.1, 0.15) is 11.4 Å². The second kappa shape index (κ2) is 3.68. The van der Waals surface area contributed by atoms with Gasteiger partial charge in [0.25, 0.3) is 0 Å².